The van der Waals surface area contributed by atoms with Gasteiger partial charge in [-0.1, -0.05) is 17.7 Å². The van der Waals surface area contributed by atoms with Crippen LogP contribution in [-0.4, -0.2) is 28.0 Å². The van der Waals surface area contributed by atoms with Gasteiger partial charge in [0.1, 0.15) is 0 Å². The van der Waals surface area contributed by atoms with Crippen molar-refractivity contribution < 1.29 is 14.7 Å². The van der Waals surface area contributed by atoms with Crippen LogP contribution in [0.4, 0.5) is 0 Å². The third-order valence-electron chi connectivity index (χ3n) is 4.36. The number of carboxylic acids is 1. The molecule has 1 fully saturated rings. The first-order valence-electron chi connectivity index (χ1n) is 7.62. The summed E-state index contributed by atoms with van der Waals surface area (Å²) in [5, 5.41) is 13.4. The molecule has 5 nitrogen and oxygen atoms in total. The van der Waals surface area contributed by atoms with E-state index in [-0.39, 0.29) is 17.9 Å². The van der Waals surface area contributed by atoms with Gasteiger partial charge in [0.15, 0.2) is 0 Å². The predicted octanol–water partition coefficient (Wildman–Crippen LogP) is 3.26. The second-order valence-corrected chi connectivity index (χ2v) is 6.29. The number of carbonyl (C=O) groups excluding carboxylic acids is 1. The minimum Gasteiger partial charge on any atom is -0.481 e. The number of carbonyl (C=O) groups is 2. The summed E-state index contributed by atoms with van der Waals surface area (Å²) in [6.45, 7) is 0. The van der Waals surface area contributed by atoms with Crippen LogP contribution < -0.4 is 5.32 Å². The zero-order valence-electron chi connectivity index (χ0n) is 12.5. The topological polar surface area (TPSA) is 79.3 Å². The standard InChI is InChI=1S/C17H17ClN2O3/c18-14-7-8-19-15-9-11(3-6-13(14)15)16(21)20-12-4-1-10(2-5-12)17(22)23/h3,6-10,12H,1-2,4-5H2,(H,20,21)(H,22,23)/t10-,12-. The Balaban J connectivity index is 1.68. The monoisotopic (exact) mass is 332 g/mol. The van der Waals surface area contributed by atoms with Crippen LogP contribution in [0.15, 0.2) is 30.5 Å². The fourth-order valence-electron chi connectivity index (χ4n) is 3.01. The van der Waals surface area contributed by atoms with E-state index in [0.29, 0.717) is 41.8 Å². The van der Waals surface area contributed by atoms with Crippen molar-refractivity contribution in [3.63, 3.8) is 0 Å². The van der Waals surface area contributed by atoms with E-state index >= 15 is 0 Å². The maximum Gasteiger partial charge on any atom is 0.306 e. The molecule has 1 saturated carbocycles. The van der Waals surface area contributed by atoms with E-state index in [1.807, 2.05) is 0 Å². The third kappa shape index (κ3) is 3.45. The van der Waals surface area contributed by atoms with Crippen LogP contribution in [0.5, 0.6) is 0 Å². The van der Waals surface area contributed by atoms with Gasteiger partial charge in [0.25, 0.3) is 5.91 Å². The molecule has 1 aromatic heterocycles. The van der Waals surface area contributed by atoms with E-state index in [4.69, 9.17) is 16.7 Å². The summed E-state index contributed by atoms with van der Waals surface area (Å²) in [4.78, 5) is 27.6. The normalized spacial score (nSPS) is 21.1. The number of hydrogen-bond donors (Lipinski definition) is 2. The van der Waals surface area contributed by atoms with E-state index < -0.39 is 5.97 Å². The molecule has 1 aliphatic carbocycles. The second kappa shape index (κ2) is 6.54. The molecule has 6 heteroatoms. The van der Waals surface area contributed by atoms with E-state index in [1.165, 1.54) is 0 Å². The predicted molar refractivity (Wildman–Crippen MR) is 87.6 cm³/mol. The number of amides is 1. The molecule has 2 N–H and O–H groups in total. The Morgan fingerprint density at radius 2 is 1.91 bits per heavy atom. The van der Waals surface area contributed by atoms with Crippen molar-refractivity contribution >= 4 is 34.4 Å². The zero-order valence-corrected chi connectivity index (χ0v) is 13.2. The highest BCUT2D eigenvalue weighted by molar-refractivity contribution is 6.35. The van der Waals surface area contributed by atoms with Crippen molar-refractivity contribution in [3.05, 3.63) is 41.0 Å². The molecule has 3 rings (SSSR count). The number of benzene rings is 1. The molecule has 120 valence electrons. The van der Waals surface area contributed by atoms with Crippen molar-refractivity contribution in [2.75, 3.05) is 0 Å². The van der Waals surface area contributed by atoms with Gasteiger partial charge in [-0.05, 0) is 43.9 Å². The van der Waals surface area contributed by atoms with Crippen LogP contribution in [-0.2, 0) is 4.79 Å². The van der Waals surface area contributed by atoms with Crippen LogP contribution in [0.25, 0.3) is 10.9 Å². The number of carboxylic acid groups (broad SMARTS) is 1. The summed E-state index contributed by atoms with van der Waals surface area (Å²) in [5.74, 6) is -1.19. The maximum atomic E-state index is 12.4. The molecule has 0 saturated heterocycles. The second-order valence-electron chi connectivity index (χ2n) is 5.88. The molecule has 0 spiro atoms. The van der Waals surface area contributed by atoms with Gasteiger partial charge in [0.2, 0.25) is 0 Å². The van der Waals surface area contributed by atoms with Crippen LogP contribution in [0.3, 0.4) is 0 Å². The first-order chi connectivity index (χ1) is 11.0. The summed E-state index contributed by atoms with van der Waals surface area (Å²) in [6, 6.07) is 6.99. The zero-order chi connectivity index (χ0) is 16.4. The lowest BCUT2D eigenvalue weighted by atomic mass is 9.86. The first kappa shape index (κ1) is 15.7. The number of hydrogen-bond acceptors (Lipinski definition) is 3. The quantitative estimate of drug-likeness (QED) is 0.904. The molecule has 0 aliphatic heterocycles. The van der Waals surface area contributed by atoms with Gasteiger partial charge < -0.3 is 10.4 Å². The Labute approximate surface area is 138 Å². The van der Waals surface area contributed by atoms with Gasteiger partial charge >= 0.3 is 5.97 Å². The summed E-state index contributed by atoms with van der Waals surface area (Å²) in [5.41, 5.74) is 1.22. The molecule has 1 amide bonds. The van der Waals surface area contributed by atoms with Gasteiger partial charge in [-0.2, -0.15) is 0 Å². The van der Waals surface area contributed by atoms with Gasteiger partial charge in [-0.3, -0.25) is 14.6 Å². The maximum absolute atomic E-state index is 12.4. The highest BCUT2D eigenvalue weighted by Gasteiger charge is 2.26. The fourth-order valence-corrected chi connectivity index (χ4v) is 3.22. The molecule has 0 atom stereocenters. The largest absolute Gasteiger partial charge is 0.481 e. The molecular formula is C17H17ClN2O3. The SMILES string of the molecule is O=C(N[C@H]1CC[C@H](C(=O)O)CC1)c1ccc2c(Cl)ccnc2c1. The molecule has 0 bridgehead atoms. The Kier molecular flexibility index (Phi) is 4.48. The molecule has 1 aromatic carbocycles. The number of pyridine rings is 1. The highest BCUT2D eigenvalue weighted by Crippen LogP contribution is 2.25. The lowest BCUT2D eigenvalue weighted by Crippen LogP contribution is -2.38. The van der Waals surface area contributed by atoms with Gasteiger partial charge in [-0.25, -0.2) is 0 Å². The minimum absolute atomic E-state index is 0.0288. The summed E-state index contributed by atoms with van der Waals surface area (Å²) in [7, 11) is 0. The van der Waals surface area contributed by atoms with Crippen LogP contribution in [0, 0.1) is 5.92 Å². The van der Waals surface area contributed by atoms with Crippen molar-refractivity contribution in [1.29, 1.82) is 0 Å². The van der Waals surface area contributed by atoms with Crippen molar-refractivity contribution in [2.24, 2.45) is 5.92 Å². The molecule has 1 aliphatic rings. The Morgan fingerprint density at radius 3 is 2.61 bits per heavy atom. The molecule has 0 unspecified atom stereocenters. The Morgan fingerprint density at radius 1 is 1.17 bits per heavy atom. The Hall–Kier alpha value is -2.14. The lowest BCUT2D eigenvalue weighted by Gasteiger charge is -2.26. The van der Waals surface area contributed by atoms with Crippen LogP contribution in [0.2, 0.25) is 5.02 Å². The first-order valence-corrected chi connectivity index (χ1v) is 8.00. The van der Waals surface area contributed by atoms with Gasteiger partial charge in [0.05, 0.1) is 16.5 Å². The number of aromatic nitrogens is 1. The molecule has 23 heavy (non-hydrogen) atoms. The lowest BCUT2D eigenvalue weighted by molar-refractivity contribution is -0.142. The summed E-state index contributed by atoms with van der Waals surface area (Å²) >= 11 is 6.10. The summed E-state index contributed by atoms with van der Waals surface area (Å²) < 4.78 is 0. The summed E-state index contributed by atoms with van der Waals surface area (Å²) in [6.07, 6.45) is 4.21. The number of fused-ring (bicyclic) bond motifs is 1. The molecule has 0 radical (unpaired) electrons. The Bertz CT molecular complexity index is 755. The average molecular weight is 333 g/mol. The van der Waals surface area contributed by atoms with Crippen LogP contribution >= 0.6 is 11.6 Å². The van der Waals surface area contributed by atoms with E-state index in [9.17, 15) is 9.59 Å². The van der Waals surface area contributed by atoms with Crippen molar-refractivity contribution in [3.8, 4) is 0 Å². The minimum atomic E-state index is -0.743. The fraction of sp³-hybridized carbons (Fsp3) is 0.353. The number of nitrogens with one attached hydrogen (secondary N) is 1. The third-order valence-corrected chi connectivity index (χ3v) is 4.69. The van der Waals surface area contributed by atoms with E-state index in [0.717, 1.165) is 5.39 Å². The van der Waals surface area contributed by atoms with Crippen molar-refractivity contribution in [1.82, 2.24) is 10.3 Å². The average Bonchev–Trinajstić information content (AvgIpc) is 2.55. The molecular weight excluding hydrogens is 316 g/mol. The van der Waals surface area contributed by atoms with E-state index in [1.54, 1.807) is 30.5 Å². The number of aliphatic carboxylic acids is 1. The van der Waals surface area contributed by atoms with Crippen molar-refractivity contribution in [2.45, 2.75) is 31.7 Å². The highest BCUT2D eigenvalue weighted by atomic mass is 35.5. The van der Waals surface area contributed by atoms with Gasteiger partial charge in [-0.15, -0.1) is 0 Å². The number of halogens is 1. The number of rotatable bonds is 3. The molecule has 1 heterocycles. The van der Waals surface area contributed by atoms with Crippen LogP contribution in [0.1, 0.15) is 36.0 Å². The molecule has 2 aromatic rings. The van der Waals surface area contributed by atoms with Gasteiger partial charge in [0, 0.05) is 23.2 Å². The smallest absolute Gasteiger partial charge is 0.306 e. The van der Waals surface area contributed by atoms with E-state index in [2.05, 4.69) is 10.3 Å². The number of nitrogens with zero attached hydrogens (tertiary/aromatic N) is 1.